The van der Waals surface area contributed by atoms with Crippen LogP contribution >= 0.6 is 0 Å². The third-order valence-corrected chi connectivity index (χ3v) is 2.57. The number of nitrogens with zero attached hydrogens (tertiary/aromatic N) is 1. The maximum atomic E-state index is 13.5. The third kappa shape index (κ3) is 1.48. The first-order valence-corrected chi connectivity index (χ1v) is 5.19. The van der Waals surface area contributed by atoms with Gasteiger partial charge in [-0.3, -0.25) is 9.59 Å². The number of hydrogen-bond donors (Lipinski definition) is 0. The molecule has 1 aliphatic rings. The van der Waals surface area contributed by atoms with Gasteiger partial charge in [0.1, 0.15) is 5.82 Å². The molecule has 18 heavy (non-hydrogen) atoms. The predicted molar refractivity (Wildman–Crippen MR) is 59.7 cm³/mol. The largest absolute Gasteiger partial charge is 0.432 e. The molecule has 4 nitrogen and oxygen atoms in total. The Morgan fingerprint density at radius 3 is 2.50 bits per heavy atom. The van der Waals surface area contributed by atoms with Crippen molar-refractivity contribution in [1.29, 1.82) is 0 Å². The molecule has 0 spiro atoms. The maximum absolute atomic E-state index is 13.5. The molecule has 0 saturated heterocycles. The molecular weight excluding hydrogens is 237 g/mol. The van der Waals surface area contributed by atoms with Crippen LogP contribution in [0.25, 0.3) is 11.5 Å². The minimum absolute atomic E-state index is 0.0662. The van der Waals surface area contributed by atoms with Gasteiger partial charge in [0.05, 0.1) is 5.56 Å². The predicted octanol–water partition coefficient (Wildman–Crippen LogP) is 2.42. The Morgan fingerprint density at radius 2 is 1.78 bits per heavy atom. The molecule has 0 fully saturated rings. The van der Waals surface area contributed by atoms with E-state index in [0.717, 1.165) is 12.2 Å². The van der Waals surface area contributed by atoms with Gasteiger partial charge in [-0.05, 0) is 24.3 Å². The van der Waals surface area contributed by atoms with Crippen LogP contribution in [-0.4, -0.2) is 16.6 Å². The average molecular weight is 243 g/mol. The highest BCUT2D eigenvalue weighted by Crippen LogP contribution is 2.26. The van der Waals surface area contributed by atoms with E-state index in [9.17, 15) is 14.0 Å². The number of aromatic nitrogens is 1. The van der Waals surface area contributed by atoms with Crippen molar-refractivity contribution in [2.75, 3.05) is 0 Å². The first-order valence-electron chi connectivity index (χ1n) is 5.19. The minimum atomic E-state index is -0.524. The molecule has 3 rings (SSSR count). The van der Waals surface area contributed by atoms with E-state index in [0.29, 0.717) is 0 Å². The lowest BCUT2D eigenvalue weighted by atomic mass is 10.1. The summed E-state index contributed by atoms with van der Waals surface area (Å²) in [6.07, 6.45) is 2.24. The molecule has 0 radical (unpaired) electrons. The lowest BCUT2D eigenvalue weighted by molar-refractivity contribution is 0.0974. The number of oxazole rings is 1. The van der Waals surface area contributed by atoms with Crippen LogP contribution in [0, 0.1) is 5.82 Å². The fourth-order valence-corrected chi connectivity index (χ4v) is 1.71. The van der Waals surface area contributed by atoms with Crippen LogP contribution in [0.1, 0.15) is 21.0 Å². The quantitative estimate of drug-likeness (QED) is 0.771. The number of carbonyl (C=O) groups excluding carboxylic acids is 2. The Hall–Kier alpha value is -2.56. The second kappa shape index (κ2) is 3.73. The second-order valence-corrected chi connectivity index (χ2v) is 3.74. The Balaban J connectivity index is 2.18. The summed E-state index contributed by atoms with van der Waals surface area (Å²) in [6, 6.07) is 5.86. The van der Waals surface area contributed by atoms with Gasteiger partial charge in [0.2, 0.25) is 23.2 Å². The van der Waals surface area contributed by atoms with Gasteiger partial charge in [-0.1, -0.05) is 12.1 Å². The summed E-state index contributed by atoms with van der Waals surface area (Å²) in [5, 5.41) is 0. The Labute approximate surface area is 101 Å². The molecule has 0 aliphatic heterocycles. The molecule has 88 valence electrons. The number of ketones is 2. The molecule has 0 bridgehead atoms. The van der Waals surface area contributed by atoms with Gasteiger partial charge in [-0.2, -0.15) is 0 Å². The maximum Gasteiger partial charge on any atom is 0.230 e. The topological polar surface area (TPSA) is 60.2 Å². The molecule has 0 N–H and O–H groups in total. The van der Waals surface area contributed by atoms with Crippen molar-refractivity contribution < 1.29 is 18.4 Å². The van der Waals surface area contributed by atoms with Crippen LogP contribution < -0.4 is 0 Å². The van der Waals surface area contributed by atoms with Crippen LogP contribution in [0.15, 0.2) is 40.8 Å². The lowest BCUT2D eigenvalue weighted by Gasteiger charge is -1.97. The number of carbonyl (C=O) groups is 2. The minimum Gasteiger partial charge on any atom is -0.432 e. The summed E-state index contributed by atoms with van der Waals surface area (Å²) in [5.41, 5.74) is 0.0493. The number of fused-ring (bicyclic) bond motifs is 1. The number of hydrogen-bond acceptors (Lipinski definition) is 4. The van der Waals surface area contributed by atoms with E-state index in [1.165, 1.54) is 18.2 Å². The van der Waals surface area contributed by atoms with E-state index in [2.05, 4.69) is 4.98 Å². The van der Waals surface area contributed by atoms with Gasteiger partial charge in [0, 0.05) is 0 Å². The SMILES string of the molecule is O=C1C=CC(=O)c2oc(-c3ccccc3F)nc21. The Kier molecular flexibility index (Phi) is 2.19. The molecule has 5 heteroatoms. The zero-order chi connectivity index (χ0) is 12.7. The zero-order valence-electron chi connectivity index (χ0n) is 9.01. The highest BCUT2D eigenvalue weighted by molar-refractivity contribution is 6.20. The summed E-state index contributed by atoms with van der Waals surface area (Å²) in [6.45, 7) is 0. The number of benzene rings is 1. The Morgan fingerprint density at radius 1 is 1.06 bits per heavy atom. The molecule has 0 saturated carbocycles. The molecular formula is C13H6FNO3. The number of allylic oxidation sites excluding steroid dienone is 2. The van der Waals surface area contributed by atoms with Crippen LogP contribution in [-0.2, 0) is 0 Å². The van der Waals surface area contributed by atoms with Gasteiger partial charge < -0.3 is 4.42 Å². The van der Waals surface area contributed by atoms with E-state index in [-0.39, 0.29) is 22.9 Å². The monoisotopic (exact) mass is 243 g/mol. The fourth-order valence-electron chi connectivity index (χ4n) is 1.71. The molecule has 1 aliphatic carbocycles. The van der Waals surface area contributed by atoms with Crippen molar-refractivity contribution in [2.24, 2.45) is 0 Å². The van der Waals surface area contributed by atoms with Crippen LogP contribution in [0.5, 0.6) is 0 Å². The van der Waals surface area contributed by atoms with E-state index in [4.69, 9.17) is 4.42 Å². The Bertz CT molecular complexity index is 665. The number of halogens is 1. The van der Waals surface area contributed by atoms with Crippen LogP contribution in [0.3, 0.4) is 0 Å². The van der Waals surface area contributed by atoms with Crippen molar-refractivity contribution in [3.05, 3.63) is 53.7 Å². The smallest absolute Gasteiger partial charge is 0.230 e. The van der Waals surface area contributed by atoms with E-state index >= 15 is 0 Å². The summed E-state index contributed by atoms with van der Waals surface area (Å²) < 4.78 is 18.7. The molecule has 0 amide bonds. The van der Waals surface area contributed by atoms with Crippen molar-refractivity contribution in [3.8, 4) is 11.5 Å². The molecule has 2 aromatic rings. The van der Waals surface area contributed by atoms with Crippen molar-refractivity contribution in [2.45, 2.75) is 0 Å². The molecule has 1 aromatic carbocycles. The van der Waals surface area contributed by atoms with E-state index in [1.54, 1.807) is 6.07 Å². The van der Waals surface area contributed by atoms with E-state index in [1.807, 2.05) is 0 Å². The van der Waals surface area contributed by atoms with Gasteiger partial charge >= 0.3 is 0 Å². The summed E-state index contributed by atoms with van der Waals surface area (Å²) in [7, 11) is 0. The van der Waals surface area contributed by atoms with Crippen molar-refractivity contribution in [3.63, 3.8) is 0 Å². The molecule has 0 atom stereocenters. The van der Waals surface area contributed by atoms with Gasteiger partial charge in [-0.15, -0.1) is 0 Å². The first kappa shape index (κ1) is 10.6. The third-order valence-electron chi connectivity index (χ3n) is 2.57. The summed E-state index contributed by atoms with van der Waals surface area (Å²) in [4.78, 5) is 26.9. The highest BCUT2D eigenvalue weighted by atomic mass is 19.1. The van der Waals surface area contributed by atoms with Crippen LogP contribution in [0.2, 0.25) is 0 Å². The molecule has 1 aromatic heterocycles. The van der Waals surface area contributed by atoms with E-state index < -0.39 is 17.4 Å². The average Bonchev–Trinajstić information content (AvgIpc) is 2.80. The van der Waals surface area contributed by atoms with Crippen molar-refractivity contribution >= 4 is 11.6 Å². The fraction of sp³-hybridized carbons (Fsp3) is 0. The summed E-state index contributed by atoms with van der Waals surface area (Å²) in [5.74, 6) is -1.59. The number of rotatable bonds is 1. The zero-order valence-corrected chi connectivity index (χ0v) is 9.01. The highest BCUT2D eigenvalue weighted by Gasteiger charge is 2.27. The second-order valence-electron chi connectivity index (χ2n) is 3.74. The summed E-state index contributed by atoms with van der Waals surface area (Å²) >= 11 is 0. The molecule has 1 heterocycles. The molecule has 0 unspecified atom stereocenters. The van der Waals surface area contributed by atoms with Gasteiger partial charge in [-0.25, -0.2) is 9.37 Å². The normalized spacial score (nSPS) is 13.8. The van der Waals surface area contributed by atoms with Gasteiger partial charge in [0.15, 0.2) is 5.69 Å². The van der Waals surface area contributed by atoms with Gasteiger partial charge in [0.25, 0.3) is 0 Å². The lowest BCUT2D eigenvalue weighted by Crippen LogP contribution is -2.09. The first-order chi connectivity index (χ1) is 8.66. The van der Waals surface area contributed by atoms with Crippen molar-refractivity contribution in [1.82, 2.24) is 4.98 Å². The van der Waals surface area contributed by atoms with Crippen LogP contribution in [0.4, 0.5) is 4.39 Å². The standard InChI is InChI=1S/C13H6FNO3/c14-8-4-2-1-3-7(8)13-15-11-9(16)5-6-10(17)12(11)18-13/h1-6H.